The van der Waals surface area contributed by atoms with Gasteiger partial charge in [-0.1, -0.05) is 32.1 Å². The van der Waals surface area contributed by atoms with Crippen LogP contribution in [0, 0.1) is 11.8 Å². The maximum atomic E-state index is 13.1. The Kier molecular flexibility index (Phi) is 7.77. The summed E-state index contributed by atoms with van der Waals surface area (Å²) < 4.78 is 38.1. The molecule has 0 spiro atoms. The van der Waals surface area contributed by atoms with E-state index in [-0.39, 0.29) is 29.8 Å². The van der Waals surface area contributed by atoms with Crippen molar-refractivity contribution in [1.29, 1.82) is 0 Å². The fourth-order valence-electron chi connectivity index (χ4n) is 4.95. The minimum Gasteiger partial charge on any atom is -0.493 e. The van der Waals surface area contributed by atoms with Gasteiger partial charge in [0.1, 0.15) is 0 Å². The Morgan fingerprint density at radius 2 is 1.76 bits per heavy atom. The molecular weight excluding hydrogens is 456 g/mol. The maximum absolute atomic E-state index is 13.1. The normalized spacial score (nSPS) is 18.5. The molecule has 1 saturated carbocycles. The highest BCUT2D eigenvalue weighted by Gasteiger charge is 2.33. The number of amides is 1. The molecule has 2 aliphatic rings. The molecule has 1 amide bonds. The lowest BCUT2D eigenvalue weighted by molar-refractivity contribution is -0.120. The van der Waals surface area contributed by atoms with E-state index in [2.05, 4.69) is 15.5 Å². The molecule has 0 unspecified atom stereocenters. The molecule has 2 aromatic rings. The Hall–Kier alpha value is -2.59. The largest absolute Gasteiger partial charge is 0.493 e. The number of nitrogens with zero attached hydrogens (tertiary/aromatic N) is 2. The van der Waals surface area contributed by atoms with Gasteiger partial charge in [-0.2, -0.15) is 9.40 Å². The van der Waals surface area contributed by atoms with E-state index >= 15 is 0 Å². The van der Waals surface area contributed by atoms with Gasteiger partial charge in [-0.05, 0) is 37.3 Å². The first-order chi connectivity index (χ1) is 16.4. The molecule has 186 valence electrons. The molecule has 0 atom stereocenters. The number of nitrogens with one attached hydrogen (secondary N) is 2. The number of sulfonamides is 1. The number of H-pyrrole nitrogens is 1. The number of carbonyl (C=O) groups excluding carboxylic acids is 1. The van der Waals surface area contributed by atoms with Gasteiger partial charge < -0.3 is 14.8 Å². The Morgan fingerprint density at radius 3 is 2.44 bits per heavy atom. The number of ether oxygens (including phenoxy) is 2. The molecule has 34 heavy (non-hydrogen) atoms. The van der Waals surface area contributed by atoms with Crippen LogP contribution in [0.1, 0.15) is 50.6 Å². The third kappa shape index (κ3) is 5.55. The molecule has 1 aromatic carbocycles. The average molecular weight is 491 g/mol. The lowest BCUT2D eigenvalue weighted by Crippen LogP contribution is -2.41. The summed E-state index contributed by atoms with van der Waals surface area (Å²) in [5.74, 6) is 1.69. The molecule has 0 radical (unpaired) electrons. The third-order valence-corrected chi connectivity index (χ3v) is 8.83. The number of rotatable bonds is 8. The Morgan fingerprint density at radius 1 is 1.06 bits per heavy atom. The van der Waals surface area contributed by atoms with Crippen molar-refractivity contribution in [3.8, 4) is 11.5 Å². The van der Waals surface area contributed by atoms with Crippen LogP contribution in [0.3, 0.4) is 0 Å². The van der Waals surface area contributed by atoms with E-state index in [0.717, 1.165) is 12.1 Å². The minimum atomic E-state index is -3.69. The van der Waals surface area contributed by atoms with Crippen molar-refractivity contribution >= 4 is 21.7 Å². The Balaban J connectivity index is 1.31. The summed E-state index contributed by atoms with van der Waals surface area (Å²) in [4.78, 5) is 12.9. The smallest absolute Gasteiger partial charge is 0.243 e. The zero-order valence-electron chi connectivity index (χ0n) is 19.9. The molecule has 0 bridgehead atoms. The van der Waals surface area contributed by atoms with Crippen LogP contribution in [0.4, 0.5) is 5.82 Å². The number of anilines is 1. The van der Waals surface area contributed by atoms with Crippen molar-refractivity contribution in [2.24, 2.45) is 11.8 Å². The number of benzene rings is 1. The summed E-state index contributed by atoms with van der Waals surface area (Å²) in [5, 5.41) is 10.2. The van der Waals surface area contributed by atoms with Crippen LogP contribution in [0.2, 0.25) is 0 Å². The zero-order valence-corrected chi connectivity index (χ0v) is 20.7. The topological polar surface area (TPSA) is 114 Å². The fourth-order valence-corrected chi connectivity index (χ4v) is 6.43. The number of aromatic nitrogens is 2. The number of aromatic amines is 1. The second-order valence-electron chi connectivity index (χ2n) is 9.17. The van der Waals surface area contributed by atoms with Crippen molar-refractivity contribution in [1.82, 2.24) is 14.5 Å². The second-order valence-corrected chi connectivity index (χ2v) is 11.1. The molecule has 1 aromatic heterocycles. The van der Waals surface area contributed by atoms with Crippen molar-refractivity contribution in [3.05, 3.63) is 30.0 Å². The predicted octanol–water partition coefficient (Wildman–Crippen LogP) is 3.59. The highest BCUT2D eigenvalue weighted by atomic mass is 32.2. The van der Waals surface area contributed by atoms with Crippen molar-refractivity contribution < 1.29 is 22.7 Å². The van der Waals surface area contributed by atoms with Crippen LogP contribution in [-0.2, 0) is 21.2 Å². The Bertz CT molecular complexity index is 1090. The minimum absolute atomic E-state index is 0.112. The first-order valence-electron chi connectivity index (χ1n) is 12.0. The van der Waals surface area contributed by atoms with E-state index in [0.29, 0.717) is 36.1 Å². The van der Waals surface area contributed by atoms with Gasteiger partial charge in [0.25, 0.3) is 0 Å². The van der Waals surface area contributed by atoms with E-state index < -0.39 is 10.0 Å². The molecule has 4 rings (SSSR count). The summed E-state index contributed by atoms with van der Waals surface area (Å²) in [6.07, 6.45) is 8.31. The molecule has 2 N–H and O–H groups in total. The number of carbonyl (C=O) groups is 1. The highest BCUT2D eigenvalue weighted by molar-refractivity contribution is 7.89. The van der Waals surface area contributed by atoms with Crippen LogP contribution in [0.15, 0.2) is 29.2 Å². The Labute approximate surface area is 201 Å². The van der Waals surface area contributed by atoms with Crippen LogP contribution >= 0.6 is 0 Å². The van der Waals surface area contributed by atoms with Crippen LogP contribution in [0.25, 0.3) is 0 Å². The van der Waals surface area contributed by atoms with Crippen molar-refractivity contribution in [2.45, 2.75) is 56.3 Å². The molecule has 2 heterocycles. The van der Waals surface area contributed by atoms with Gasteiger partial charge in [0, 0.05) is 36.8 Å². The standard InChI is InChI=1S/C24H34N4O5S/c1-32-21-9-8-20(16-22(21)33-2)34(30,31)28-12-10-18(11-13-28)24(29)25-23-15-19(26-27-23)14-17-6-4-3-5-7-17/h8-9,15-18H,3-7,10-14H2,1-2H3,(H2,25,26,27,29). The summed E-state index contributed by atoms with van der Waals surface area (Å²) >= 11 is 0. The van der Waals surface area contributed by atoms with Crippen molar-refractivity contribution in [3.63, 3.8) is 0 Å². The van der Waals surface area contributed by atoms with Crippen LogP contribution in [-0.4, -0.2) is 56.1 Å². The summed E-state index contributed by atoms with van der Waals surface area (Å²) in [6, 6.07) is 6.48. The van der Waals surface area contributed by atoms with Gasteiger partial charge in [0.05, 0.1) is 19.1 Å². The number of methoxy groups -OCH3 is 2. The lowest BCUT2D eigenvalue weighted by atomic mass is 9.86. The molecule has 1 aliphatic heterocycles. The van der Waals surface area contributed by atoms with Gasteiger partial charge in [-0.3, -0.25) is 9.89 Å². The van der Waals surface area contributed by atoms with Gasteiger partial charge in [-0.15, -0.1) is 0 Å². The molecular formula is C24H34N4O5S. The van der Waals surface area contributed by atoms with Crippen molar-refractivity contribution in [2.75, 3.05) is 32.6 Å². The fraction of sp³-hybridized carbons (Fsp3) is 0.583. The second kappa shape index (κ2) is 10.8. The summed E-state index contributed by atoms with van der Waals surface area (Å²) in [5.41, 5.74) is 1.05. The lowest BCUT2D eigenvalue weighted by Gasteiger charge is -2.30. The van der Waals surface area contributed by atoms with Gasteiger partial charge in [0.15, 0.2) is 17.3 Å². The molecule has 2 fully saturated rings. The quantitative estimate of drug-likeness (QED) is 0.585. The number of piperidine rings is 1. The SMILES string of the molecule is COc1ccc(S(=O)(=O)N2CCC(C(=O)Nc3cc(CC4CCCCC4)[nH]n3)CC2)cc1OC. The monoisotopic (exact) mass is 490 g/mol. The van der Waals surface area contributed by atoms with E-state index in [1.165, 1.54) is 62.8 Å². The van der Waals surface area contributed by atoms with Crippen LogP contribution in [0.5, 0.6) is 11.5 Å². The third-order valence-electron chi connectivity index (χ3n) is 6.93. The highest BCUT2D eigenvalue weighted by Crippen LogP contribution is 2.32. The summed E-state index contributed by atoms with van der Waals surface area (Å²) in [6.45, 7) is 0.560. The average Bonchev–Trinajstić information content (AvgIpc) is 3.30. The number of hydrogen-bond donors (Lipinski definition) is 2. The van der Waals surface area contributed by atoms with E-state index in [1.54, 1.807) is 6.07 Å². The molecule has 1 saturated heterocycles. The van der Waals surface area contributed by atoms with E-state index in [4.69, 9.17) is 9.47 Å². The van der Waals surface area contributed by atoms with Gasteiger partial charge >= 0.3 is 0 Å². The van der Waals surface area contributed by atoms with Gasteiger partial charge in [-0.25, -0.2) is 8.42 Å². The zero-order chi connectivity index (χ0) is 24.1. The van der Waals surface area contributed by atoms with E-state index in [1.807, 2.05) is 6.07 Å². The van der Waals surface area contributed by atoms with E-state index in [9.17, 15) is 13.2 Å². The number of hydrogen-bond acceptors (Lipinski definition) is 6. The first-order valence-corrected chi connectivity index (χ1v) is 13.4. The maximum Gasteiger partial charge on any atom is 0.243 e. The summed E-state index contributed by atoms with van der Waals surface area (Å²) in [7, 11) is -0.718. The van der Waals surface area contributed by atoms with Crippen LogP contribution < -0.4 is 14.8 Å². The predicted molar refractivity (Wildman–Crippen MR) is 129 cm³/mol. The first kappa shape index (κ1) is 24.5. The molecule has 9 nitrogen and oxygen atoms in total. The molecule has 1 aliphatic carbocycles. The molecule has 10 heteroatoms. The van der Waals surface area contributed by atoms with Gasteiger partial charge in [0.2, 0.25) is 15.9 Å².